The lowest BCUT2D eigenvalue weighted by atomic mass is 9.92. The summed E-state index contributed by atoms with van der Waals surface area (Å²) in [5.41, 5.74) is 4.67. The number of anilines is 1. The van der Waals surface area contributed by atoms with Gasteiger partial charge < -0.3 is 14.5 Å². The predicted octanol–water partition coefficient (Wildman–Crippen LogP) is 4.54. The fourth-order valence-corrected chi connectivity index (χ4v) is 5.78. The van der Waals surface area contributed by atoms with Gasteiger partial charge in [-0.05, 0) is 49.8 Å². The van der Waals surface area contributed by atoms with E-state index in [0.717, 1.165) is 56.6 Å². The average molecular weight is 478 g/mol. The molecule has 4 rings (SSSR count). The Labute approximate surface area is 209 Å². The van der Waals surface area contributed by atoms with E-state index >= 15 is 0 Å². The molecule has 6 nitrogen and oxygen atoms in total. The number of carbonyl (C=O) groups excluding carboxylic acids is 2. The fraction of sp³-hybridized carbons (Fsp3) is 0.517. The third-order valence-corrected chi connectivity index (χ3v) is 7.34. The van der Waals surface area contributed by atoms with Gasteiger partial charge in [0, 0.05) is 57.5 Å². The van der Waals surface area contributed by atoms with E-state index in [1.54, 1.807) is 7.11 Å². The third-order valence-electron chi connectivity index (χ3n) is 7.34. The molecule has 35 heavy (non-hydrogen) atoms. The van der Waals surface area contributed by atoms with Crippen molar-refractivity contribution in [2.75, 3.05) is 31.7 Å². The maximum Gasteiger partial charge on any atom is 0.249 e. The number of methoxy groups -OCH3 is 1. The molecule has 2 aromatic rings. The zero-order valence-corrected chi connectivity index (χ0v) is 21.4. The van der Waals surface area contributed by atoms with Crippen molar-refractivity contribution >= 4 is 17.5 Å². The quantitative estimate of drug-likeness (QED) is 0.635. The van der Waals surface area contributed by atoms with E-state index in [2.05, 4.69) is 59.2 Å². The molecule has 0 aromatic heterocycles. The van der Waals surface area contributed by atoms with Gasteiger partial charge in [0.2, 0.25) is 11.8 Å². The van der Waals surface area contributed by atoms with Crippen LogP contribution < -0.4 is 4.90 Å². The lowest BCUT2D eigenvalue weighted by Gasteiger charge is -2.44. The van der Waals surface area contributed by atoms with E-state index in [1.807, 2.05) is 17.9 Å². The molecular weight excluding hydrogens is 438 g/mol. The van der Waals surface area contributed by atoms with E-state index in [1.165, 1.54) is 11.1 Å². The summed E-state index contributed by atoms with van der Waals surface area (Å²) in [4.78, 5) is 32.9. The van der Waals surface area contributed by atoms with Crippen LogP contribution in [-0.2, 0) is 27.4 Å². The Morgan fingerprint density at radius 2 is 1.80 bits per heavy atom. The highest BCUT2D eigenvalue weighted by Crippen LogP contribution is 2.31. The minimum atomic E-state index is 0.0582. The van der Waals surface area contributed by atoms with Crippen LogP contribution in [0, 0.1) is 6.92 Å². The molecule has 1 saturated heterocycles. The lowest BCUT2D eigenvalue weighted by Crippen LogP contribution is -2.55. The second-order valence-corrected chi connectivity index (χ2v) is 9.95. The summed E-state index contributed by atoms with van der Waals surface area (Å²) >= 11 is 0. The monoisotopic (exact) mass is 477 g/mol. The molecular formula is C29H39N3O3. The number of carbonyl (C=O) groups is 2. The number of benzene rings is 2. The van der Waals surface area contributed by atoms with Crippen LogP contribution in [0.4, 0.5) is 5.69 Å². The normalized spacial score (nSPS) is 21.2. The van der Waals surface area contributed by atoms with Crippen LogP contribution in [0.3, 0.4) is 0 Å². The number of hydrogen-bond donors (Lipinski definition) is 0. The summed E-state index contributed by atoms with van der Waals surface area (Å²) in [6, 6.07) is 17.2. The minimum Gasteiger partial charge on any atom is -0.375 e. The zero-order chi connectivity index (χ0) is 24.8. The van der Waals surface area contributed by atoms with E-state index in [9.17, 15) is 9.59 Å². The number of aryl methyl sites for hydroxylation is 1. The molecule has 2 aliphatic rings. The van der Waals surface area contributed by atoms with Gasteiger partial charge in [0.15, 0.2) is 0 Å². The van der Waals surface area contributed by atoms with Crippen LogP contribution in [-0.4, -0.2) is 60.5 Å². The molecule has 188 valence electrons. The smallest absolute Gasteiger partial charge is 0.249 e. The van der Waals surface area contributed by atoms with E-state index in [0.29, 0.717) is 13.0 Å². The van der Waals surface area contributed by atoms with Gasteiger partial charge in [-0.3, -0.25) is 14.5 Å². The Morgan fingerprint density at radius 1 is 1.00 bits per heavy atom. The Morgan fingerprint density at radius 3 is 2.57 bits per heavy atom. The molecule has 2 aromatic carbocycles. The second kappa shape index (κ2) is 11.8. The summed E-state index contributed by atoms with van der Waals surface area (Å²) in [5.74, 6) is 0.187. The Hall–Kier alpha value is -2.70. The molecule has 0 radical (unpaired) electrons. The first-order chi connectivity index (χ1) is 17.0. The highest BCUT2D eigenvalue weighted by Gasteiger charge is 2.36. The van der Waals surface area contributed by atoms with Crippen molar-refractivity contribution in [2.45, 2.75) is 71.1 Å². The van der Waals surface area contributed by atoms with E-state index in [-0.39, 0.29) is 30.5 Å². The predicted molar refractivity (Wildman–Crippen MR) is 139 cm³/mol. The van der Waals surface area contributed by atoms with Crippen LogP contribution in [0.1, 0.15) is 55.7 Å². The van der Waals surface area contributed by atoms with E-state index in [4.69, 9.17) is 4.74 Å². The van der Waals surface area contributed by atoms with Crippen LogP contribution >= 0.6 is 0 Å². The van der Waals surface area contributed by atoms with Crippen molar-refractivity contribution in [1.82, 2.24) is 9.80 Å². The van der Waals surface area contributed by atoms with Gasteiger partial charge in [-0.25, -0.2) is 0 Å². The molecule has 2 amide bonds. The maximum atomic E-state index is 13.3. The highest BCUT2D eigenvalue weighted by atomic mass is 16.5. The van der Waals surface area contributed by atoms with Gasteiger partial charge in [0.1, 0.15) is 6.61 Å². The van der Waals surface area contributed by atoms with Crippen LogP contribution in [0.25, 0.3) is 0 Å². The third kappa shape index (κ3) is 6.11. The van der Waals surface area contributed by atoms with Crippen LogP contribution in [0.2, 0.25) is 0 Å². The first-order valence-electron chi connectivity index (χ1n) is 13.0. The molecule has 2 unspecified atom stereocenters. The summed E-state index contributed by atoms with van der Waals surface area (Å²) in [5, 5.41) is 0. The molecule has 0 N–H and O–H groups in total. The molecule has 2 atom stereocenters. The number of fused-ring (bicyclic) bond motifs is 3. The van der Waals surface area contributed by atoms with Gasteiger partial charge in [-0.2, -0.15) is 0 Å². The highest BCUT2D eigenvalue weighted by molar-refractivity contribution is 5.94. The Bertz CT molecular complexity index is 1020. The SMILES string of the molecule is CCC(=O)N1CCC2CCCC(CN(Cc3cccc(C)c3)Cc3ccccc31)N2C(=O)COC. The number of hydrogen-bond acceptors (Lipinski definition) is 4. The maximum absolute atomic E-state index is 13.3. The second-order valence-electron chi connectivity index (χ2n) is 9.95. The number of piperidine rings is 1. The van der Waals surface area contributed by atoms with Crippen molar-refractivity contribution < 1.29 is 14.3 Å². The van der Waals surface area contributed by atoms with Crippen LogP contribution in [0.15, 0.2) is 48.5 Å². The average Bonchev–Trinajstić information content (AvgIpc) is 2.85. The van der Waals surface area contributed by atoms with Crippen LogP contribution in [0.5, 0.6) is 0 Å². The zero-order valence-electron chi connectivity index (χ0n) is 21.4. The van der Waals surface area contributed by atoms with Gasteiger partial charge in [-0.15, -0.1) is 0 Å². The fourth-order valence-electron chi connectivity index (χ4n) is 5.78. The first-order valence-corrected chi connectivity index (χ1v) is 13.0. The number of para-hydroxylation sites is 1. The number of amides is 2. The van der Waals surface area contributed by atoms with Crippen molar-refractivity contribution in [2.24, 2.45) is 0 Å². The van der Waals surface area contributed by atoms with Gasteiger partial charge in [0.05, 0.1) is 0 Å². The van der Waals surface area contributed by atoms with Gasteiger partial charge >= 0.3 is 0 Å². The topological polar surface area (TPSA) is 53.1 Å². The Kier molecular flexibility index (Phi) is 8.58. The van der Waals surface area contributed by atoms with Gasteiger partial charge in [-0.1, -0.05) is 55.0 Å². The van der Waals surface area contributed by atoms with Crippen molar-refractivity contribution in [3.05, 3.63) is 65.2 Å². The molecule has 2 bridgehead atoms. The summed E-state index contributed by atoms with van der Waals surface area (Å²) < 4.78 is 5.27. The van der Waals surface area contributed by atoms with Crippen molar-refractivity contribution in [3.63, 3.8) is 0 Å². The van der Waals surface area contributed by atoms with Crippen molar-refractivity contribution in [3.8, 4) is 0 Å². The largest absolute Gasteiger partial charge is 0.375 e. The summed E-state index contributed by atoms with van der Waals surface area (Å²) in [6.07, 6.45) is 4.30. The molecule has 0 saturated carbocycles. The first kappa shape index (κ1) is 25.4. The molecule has 0 aliphatic carbocycles. The van der Waals surface area contributed by atoms with Gasteiger partial charge in [0.25, 0.3) is 0 Å². The van der Waals surface area contributed by atoms with E-state index < -0.39 is 0 Å². The molecule has 6 heteroatoms. The number of ether oxygens (including phenoxy) is 1. The standard InChI is InChI=1S/C29H39N3O3/c1-4-28(33)31-16-15-25-12-8-13-26(32(25)29(34)21-35-3)20-30(18-23-10-7-9-22(2)17-23)19-24-11-5-6-14-27(24)31/h5-7,9-11,14,17,25-26H,4,8,12-13,15-16,18-21H2,1-3H3. The molecule has 2 aliphatic heterocycles. The van der Waals surface area contributed by atoms with Crippen molar-refractivity contribution in [1.29, 1.82) is 0 Å². The molecule has 1 fully saturated rings. The molecule has 2 heterocycles. The Balaban J connectivity index is 1.75. The number of rotatable bonds is 5. The summed E-state index contributed by atoms with van der Waals surface area (Å²) in [6.45, 7) is 7.09. The summed E-state index contributed by atoms with van der Waals surface area (Å²) in [7, 11) is 1.59. The number of nitrogens with zero attached hydrogens (tertiary/aromatic N) is 3. The lowest BCUT2D eigenvalue weighted by molar-refractivity contribution is -0.143. The molecule has 0 spiro atoms. The minimum absolute atomic E-state index is 0.0582.